The summed E-state index contributed by atoms with van der Waals surface area (Å²) in [4.78, 5) is 4.85. The molecule has 0 saturated carbocycles. The average molecular weight is 393 g/mol. The molecular weight excluding hydrogens is 366 g/mol. The molecule has 1 fully saturated rings. The SMILES string of the molecule is COc1ccc(OCCN2CCN(Cc3cc(-c4ccccc4)no3)CC2)cc1. The van der Waals surface area contributed by atoms with E-state index in [1.807, 2.05) is 48.5 Å². The molecule has 1 aliphatic rings. The molecule has 1 aliphatic heterocycles. The van der Waals surface area contributed by atoms with Crippen LogP contribution < -0.4 is 9.47 Å². The van der Waals surface area contributed by atoms with Crippen LogP contribution >= 0.6 is 0 Å². The second kappa shape index (κ2) is 9.58. The molecule has 2 heterocycles. The van der Waals surface area contributed by atoms with Crippen molar-refractivity contribution in [1.29, 1.82) is 0 Å². The summed E-state index contributed by atoms with van der Waals surface area (Å²) in [6.07, 6.45) is 0. The fraction of sp³-hybridized carbons (Fsp3) is 0.348. The molecule has 0 bridgehead atoms. The van der Waals surface area contributed by atoms with Gasteiger partial charge in [-0.05, 0) is 24.3 Å². The highest BCUT2D eigenvalue weighted by Crippen LogP contribution is 2.20. The zero-order valence-electron chi connectivity index (χ0n) is 16.8. The average Bonchev–Trinajstić information content (AvgIpc) is 3.25. The molecule has 2 aromatic carbocycles. The van der Waals surface area contributed by atoms with Crippen molar-refractivity contribution in [1.82, 2.24) is 15.0 Å². The topological polar surface area (TPSA) is 51.0 Å². The minimum absolute atomic E-state index is 0.689. The Labute approximate surface area is 171 Å². The minimum Gasteiger partial charge on any atom is -0.497 e. The molecule has 0 spiro atoms. The van der Waals surface area contributed by atoms with E-state index in [0.717, 1.165) is 67.8 Å². The maximum absolute atomic E-state index is 5.84. The van der Waals surface area contributed by atoms with Crippen LogP contribution in [0.5, 0.6) is 11.5 Å². The lowest BCUT2D eigenvalue weighted by Crippen LogP contribution is -2.46. The van der Waals surface area contributed by atoms with Crippen molar-refractivity contribution in [2.75, 3.05) is 46.4 Å². The Bertz CT molecular complexity index is 872. The predicted octanol–water partition coefficient (Wildman–Crippen LogP) is 3.55. The number of piperazine rings is 1. The van der Waals surface area contributed by atoms with Gasteiger partial charge in [-0.15, -0.1) is 0 Å². The third-order valence-corrected chi connectivity index (χ3v) is 5.21. The van der Waals surface area contributed by atoms with Gasteiger partial charge in [0.1, 0.15) is 23.8 Å². The fourth-order valence-electron chi connectivity index (χ4n) is 3.49. The van der Waals surface area contributed by atoms with Crippen LogP contribution in [-0.2, 0) is 6.54 Å². The molecule has 29 heavy (non-hydrogen) atoms. The van der Waals surface area contributed by atoms with E-state index in [1.54, 1.807) is 7.11 Å². The van der Waals surface area contributed by atoms with E-state index in [9.17, 15) is 0 Å². The third kappa shape index (κ3) is 5.37. The standard InChI is InChI=1S/C23H27N3O3/c1-27-20-7-9-21(10-8-20)28-16-15-25-11-13-26(14-12-25)18-22-17-23(24-29-22)19-5-3-2-4-6-19/h2-10,17H,11-16,18H2,1H3. The van der Waals surface area contributed by atoms with E-state index in [4.69, 9.17) is 14.0 Å². The van der Waals surface area contributed by atoms with Crippen molar-refractivity contribution in [2.45, 2.75) is 6.54 Å². The van der Waals surface area contributed by atoms with Gasteiger partial charge in [-0.1, -0.05) is 35.5 Å². The van der Waals surface area contributed by atoms with Crippen LogP contribution in [0.2, 0.25) is 0 Å². The number of nitrogens with zero attached hydrogens (tertiary/aromatic N) is 3. The Balaban J connectivity index is 1.18. The molecule has 0 aliphatic carbocycles. The smallest absolute Gasteiger partial charge is 0.151 e. The maximum atomic E-state index is 5.84. The molecule has 1 saturated heterocycles. The molecule has 3 aromatic rings. The van der Waals surface area contributed by atoms with Crippen LogP contribution in [0.25, 0.3) is 11.3 Å². The summed E-state index contributed by atoms with van der Waals surface area (Å²) in [5.74, 6) is 2.64. The summed E-state index contributed by atoms with van der Waals surface area (Å²) >= 11 is 0. The van der Waals surface area contributed by atoms with Crippen molar-refractivity contribution < 1.29 is 14.0 Å². The van der Waals surface area contributed by atoms with Gasteiger partial charge in [-0.25, -0.2) is 0 Å². The van der Waals surface area contributed by atoms with E-state index >= 15 is 0 Å². The molecule has 0 atom stereocenters. The summed E-state index contributed by atoms with van der Waals surface area (Å²) in [6.45, 7) is 6.52. The highest BCUT2D eigenvalue weighted by Gasteiger charge is 2.18. The molecule has 0 amide bonds. The molecule has 6 nitrogen and oxygen atoms in total. The molecule has 152 valence electrons. The Morgan fingerprint density at radius 2 is 1.59 bits per heavy atom. The van der Waals surface area contributed by atoms with E-state index < -0.39 is 0 Å². The van der Waals surface area contributed by atoms with Gasteiger partial charge >= 0.3 is 0 Å². The molecule has 0 radical (unpaired) electrons. The van der Waals surface area contributed by atoms with E-state index in [2.05, 4.69) is 27.1 Å². The number of rotatable bonds is 8. The monoisotopic (exact) mass is 393 g/mol. The number of hydrogen-bond donors (Lipinski definition) is 0. The first-order valence-electron chi connectivity index (χ1n) is 10.0. The molecule has 6 heteroatoms. The minimum atomic E-state index is 0.689. The Kier molecular flexibility index (Phi) is 6.44. The zero-order valence-corrected chi connectivity index (χ0v) is 16.8. The highest BCUT2D eigenvalue weighted by atomic mass is 16.5. The van der Waals surface area contributed by atoms with Gasteiger partial charge in [-0.2, -0.15) is 0 Å². The van der Waals surface area contributed by atoms with Gasteiger partial charge in [-0.3, -0.25) is 9.80 Å². The van der Waals surface area contributed by atoms with Crippen molar-refractivity contribution >= 4 is 0 Å². The van der Waals surface area contributed by atoms with Gasteiger partial charge in [0, 0.05) is 44.4 Å². The van der Waals surface area contributed by atoms with E-state index in [1.165, 1.54) is 0 Å². The first-order chi connectivity index (χ1) is 14.3. The van der Waals surface area contributed by atoms with Crippen LogP contribution in [0.15, 0.2) is 65.2 Å². The summed E-state index contributed by atoms with van der Waals surface area (Å²) in [7, 11) is 1.67. The van der Waals surface area contributed by atoms with Crippen LogP contribution in [0.3, 0.4) is 0 Å². The maximum Gasteiger partial charge on any atom is 0.151 e. The van der Waals surface area contributed by atoms with Gasteiger partial charge in [0.2, 0.25) is 0 Å². The molecule has 4 rings (SSSR count). The number of aromatic nitrogens is 1. The lowest BCUT2D eigenvalue weighted by atomic mass is 10.1. The fourth-order valence-corrected chi connectivity index (χ4v) is 3.49. The van der Waals surface area contributed by atoms with Crippen molar-refractivity contribution in [3.63, 3.8) is 0 Å². The number of methoxy groups -OCH3 is 1. The Morgan fingerprint density at radius 1 is 0.897 bits per heavy atom. The van der Waals surface area contributed by atoms with Gasteiger partial charge in [0.15, 0.2) is 5.76 Å². The van der Waals surface area contributed by atoms with Crippen molar-refractivity contribution in [3.05, 3.63) is 66.4 Å². The van der Waals surface area contributed by atoms with E-state index in [-0.39, 0.29) is 0 Å². The summed E-state index contributed by atoms with van der Waals surface area (Å²) < 4.78 is 16.6. The van der Waals surface area contributed by atoms with Crippen LogP contribution in [0, 0.1) is 0 Å². The Morgan fingerprint density at radius 3 is 2.31 bits per heavy atom. The van der Waals surface area contributed by atoms with Crippen LogP contribution in [-0.4, -0.2) is 61.4 Å². The largest absolute Gasteiger partial charge is 0.497 e. The number of ether oxygens (including phenoxy) is 2. The quantitative estimate of drug-likeness (QED) is 0.583. The lowest BCUT2D eigenvalue weighted by molar-refractivity contribution is 0.106. The first-order valence-corrected chi connectivity index (χ1v) is 10.0. The van der Waals surface area contributed by atoms with Crippen molar-refractivity contribution in [3.8, 4) is 22.8 Å². The summed E-state index contributed by atoms with van der Waals surface area (Å²) in [5.41, 5.74) is 1.99. The van der Waals surface area contributed by atoms with Gasteiger partial charge in [0.05, 0.1) is 13.7 Å². The third-order valence-electron chi connectivity index (χ3n) is 5.21. The van der Waals surface area contributed by atoms with Crippen LogP contribution in [0.1, 0.15) is 5.76 Å². The lowest BCUT2D eigenvalue weighted by Gasteiger charge is -2.33. The van der Waals surface area contributed by atoms with E-state index in [0.29, 0.717) is 6.61 Å². The molecular formula is C23H27N3O3. The first kappa shape index (κ1) is 19.5. The second-order valence-electron chi connectivity index (χ2n) is 7.19. The molecule has 0 unspecified atom stereocenters. The zero-order chi connectivity index (χ0) is 19.9. The second-order valence-corrected chi connectivity index (χ2v) is 7.19. The van der Waals surface area contributed by atoms with Gasteiger partial charge in [0.25, 0.3) is 0 Å². The highest BCUT2D eigenvalue weighted by molar-refractivity contribution is 5.58. The Hall–Kier alpha value is -2.83. The number of benzene rings is 2. The molecule has 0 N–H and O–H groups in total. The summed E-state index contributed by atoms with van der Waals surface area (Å²) in [5, 5.41) is 4.21. The normalized spacial score (nSPS) is 15.3. The van der Waals surface area contributed by atoms with Crippen LogP contribution in [0.4, 0.5) is 0 Å². The van der Waals surface area contributed by atoms with Gasteiger partial charge < -0.3 is 14.0 Å². The predicted molar refractivity (Wildman–Crippen MR) is 112 cm³/mol. The molecule has 1 aromatic heterocycles. The number of hydrogen-bond acceptors (Lipinski definition) is 6. The van der Waals surface area contributed by atoms with Crippen molar-refractivity contribution in [2.24, 2.45) is 0 Å². The summed E-state index contributed by atoms with van der Waals surface area (Å²) in [6, 6.07) is 19.9.